The van der Waals surface area contributed by atoms with Gasteiger partial charge in [-0.25, -0.2) is 4.98 Å². The Bertz CT molecular complexity index is 626. The molecule has 4 heteroatoms. The molecular weight excluding hydrogens is 286 g/mol. The highest BCUT2D eigenvalue weighted by Gasteiger charge is 2.15. The molecule has 0 unspecified atom stereocenters. The first-order valence-electron chi connectivity index (χ1n) is 7.44. The van der Waals surface area contributed by atoms with Crippen molar-refractivity contribution >= 4 is 22.5 Å². The van der Waals surface area contributed by atoms with Gasteiger partial charge in [-0.05, 0) is 44.4 Å². The summed E-state index contributed by atoms with van der Waals surface area (Å²) in [6.07, 6.45) is 0.889. The minimum Gasteiger partial charge on any atom is -0.493 e. The summed E-state index contributed by atoms with van der Waals surface area (Å²) in [5.41, 5.74) is 1.77. The molecule has 0 radical (unpaired) electrons. The Labute approximate surface area is 131 Å². The van der Waals surface area contributed by atoms with E-state index in [0.717, 1.165) is 34.5 Å². The second-order valence-corrected chi connectivity index (χ2v) is 5.75. The predicted octanol–water partition coefficient (Wildman–Crippen LogP) is 4.88. The molecule has 0 aliphatic heterocycles. The molecule has 2 rings (SSSR count). The molecule has 0 aliphatic rings. The lowest BCUT2D eigenvalue weighted by Crippen LogP contribution is -2.02. The zero-order valence-electron chi connectivity index (χ0n) is 13.1. The topological polar surface area (TPSA) is 31.4 Å². The fourth-order valence-corrected chi connectivity index (χ4v) is 2.67. The van der Waals surface area contributed by atoms with Crippen LogP contribution in [-0.4, -0.2) is 18.2 Å². The van der Waals surface area contributed by atoms with Crippen molar-refractivity contribution in [2.45, 2.75) is 34.1 Å². The van der Waals surface area contributed by atoms with Gasteiger partial charge in [0, 0.05) is 5.69 Å². The van der Waals surface area contributed by atoms with Crippen molar-refractivity contribution in [3.63, 3.8) is 0 Å². The van der Waals surface area contributed by atoms with Gasteiger partial charge in [-0.1, -0.05) is 25.4 Å². The highest BCUT2D eigenvalue weighted by molar-refractivity contribution is 6.36. The number of benzene rings is 1. The zero-order valence-corrected chi connectivity index (χ0v) is 13.8. The maximum Gasteiger partial charge on any atom is 0.145 e. The Balaban J connectivity index is 2.64. The molecule has 0 amide bonds. The maximum atomic E-state index is 6.48. The van der Waals surface area contributed by atoms with Gasteiger partial charge in [0.05, 0.1) is 23.6 Å². The van der Waals surface area contributed by atoms with E-state index in [1.54, 1.807) is 0 Å². The minimum absolute atomic E-state index is 0.525. The van der Waals surface area contributed by atoms with Crippen molar-refractivity contribution in [1.29, 1.82) is 0 Å². The summed E-state index contributed by atoms with van der Waals surface area (Å²) in [5.74, 6) is 2.03. The summed E-state index contributed by atoms with van der Waals surface area (Å²) in [6.45, 7) is 9.43. The lowest BCUT2D eigenvalue weighted by Gasteiger charge is -2.14. The number of hydrogen-bond acceptors (Lipinski definition) is 3. The molecule has 2 aromatic rings. The molecule has 0 spiro atoms. The van der Waals surface area contributed by atoms with Gasteiger partial charge in [-0.2, -0.15) is 0 Å². The van der Waals surface area contributed by atoms with E-state index in [0.29, 0.717) is 24.2 Å². The van der Waals surface area contributed by atoms with Crippen LogP contribution in [0.1, 0.15) is 33.4 Å². The average molecular weight is 308 g/mol. The molecule has 0 aliphatic carbocycles. The van der Waals surface area contributed by atoms with E-state index in [2.05, 4.69) is 13.8 Å². The Morgan fingerprint density at radius 1 is 1.10 bits per heavy atom. The van der Waals surface area contributed by atoms with Crippen LogP contribution in [0.5, 0.6) is 11.5 Å². The Morgan fingerprint density at radius 3 is 2.33 bits per heavy atom. The van der Waals surface area contributed by atoms with Crippen LogP contribution in [-0.2, 0) is 6.42 Å². The van der Waals surface area contributed by atoms with Gasteiger partial charge in [0.2, 0.25) is 0 Å². The standard InChI is InChI=1S/C17H22ClNO2/c1-5-20-14-7-8-15(21-6-2)17-16(14)13(18)10-12(19-17)9-11(3)4/h7-8,10-11H,5-6,9H2,1-4H3. The van der Waals surface area contributed by atoms with Crippen LogP contribution < -0.4 is 9.47 Å². The molecule has 0 N–H and O–H groups in total. The number of aromatic nitrogens is 1. The molecule has 0 atom stereocenters. The van der Waals surface area contributed by atoms with Crippen molar-refractivity contribution in [3.8, 4) is 11.5 Å². The third-order valence-corrected chi connectivity index (χ3v) is 3.41. The molecule has 114 valence electrons. The monoisotopic (exact) mass is 307 g/mol. The van der Waals surface area contributed by atoms with E-state index in [9.17, 15) is 0 Å². The van der Waals surface area contributed by atoms with Crippen LogP contribution in [0.2, 0.25) is 5.02 Å². The van der Waals surface area contributed by atoms with Crippen LogP contribution in [0.15, 0.2) is 18.2 Å². The van der Waals surface area contributed by atoms with Crippen LogP contribution in [0, 0.1) is 5.92 Å². The van der Waals surface area contributed by atoms with Crippen LogP contribution >= 0.6 is 11.6 Å². The Hall–Kier alpha value is -1.48. The third-order valence-electron chi connectivity index (χ3n) is 3.11. The van der Waals surface area contributed by atoms with Crippen molar-refractivity contribution in [2.24, 2.45) is 5.92 Å². The highest BCUT2D eigenvalue weighted by atomic mass is 35.5. The molecule has 21 heavy (non-hydrogen) atoms. The molecule has 0 fully saturated rings. The molecule has 1 aromatic heterocycles. The van der Waals surface area contributed by atoms with Crippen molar-refractivity contribution in [2.75, 3.05) is 13.2 Å². The van der Waals surface area contributed by atoms with E-state index in [4.69, 9.17) is 26.1 Å². The quantitative estimate of drug-likeness (QED) is 0.762. The minimum atomic E-state index is 0.525. The van der Waals surface area contributed by atoms with Crippen molar-refractivity contribution < 1.29 is 9.47 Å². The van der Waals surface area contributed by atoms with Gasteiger partial charge in [0.25, 0.3) is 0 Å². The average Bonchev–Trinajstić information content (AvgIpc) is 2.41. The normalized spacial score (nSPS) is 11.1. The molecule has 1 aromatic carbocycles. The third kappa shape index (κ3) is 3.59. The Kier molecular flexibility index (Phi) is 5.29. The van der Waals surface area contributed by atoms with Gasteiger partial charge < -0.3 is 9.47 Å². The fourth-order valence-electron chi connectivity index (χ4n) is 2.36. The number of pyridine rings is 1. The number of halogens is 1. The summed E-state index contributed by atoms with van der Waals surface area (Å²) >= 11 is 6.48. The number of fused-ring (bicyclic) bond motifs is 1. The van der Waals surface area contributed by atoms with Crippen LogP contribution in [0.3, 0.4) is 0 Å². The van der Waals surface area contributed by atoms with Gasteiger partial charge in [-0.15, -0.1) is 0 Å². The van der Waals surface area contributed by atoms with Crippen LogP contribution in [0.25, 0.3) is 10.9 Å². The summed E-state index contributed by atoms with van der Waals surface area (Å²) in [7, 11) is 0. The summed E-state index contributed by atoms with van der Waals surface area (Å²) in [4.78, 5) is 4.75. The number of hydrogen-bond donors (Lipinski definition) is 0. The maximum absolute atomic E-state index is 6.48. The molecule has 0 saturated carbocycles. The second-order valence-electron chi connectivity index (χ2n) is 5.34. The predicted molar refractivity (Wildman–Crippen MR) is 87.6 cm³/mol. The van der Waals surface area contributed by atoms with E-state index >= 15 is 0 Å². The smallest absolute Gasteiger partial charge is 0.145 e. The SMILES string of the molecule is CCOc1ccc(OCC)c2c(Cl)cc(CC(C)C)nc12. The first-order chi connectivity index (χ1) is 10.1. The van der Waals surface area contributed by atoms with E-state index < -0.39 is 0 Å². The molecule has 1 heterocycles. The zero-order chi connectivity index (χ0) is 15.4. The van der Waals surface area contributed by atoms with E-state index in [-0.39, 0.29) is 0 Å². The first kappa shape index (κ1) is 15.9. The fraction of sp³-hybridized carbons (Fsp3) is 0.471. The number of rotatable bonds is 6. The summed E-state index contributed by atoms with van der Waals surface area (Å²) in [6, 6.07) is 5.73. The van der Waals surface area contributed by atoms with Gasteiger partial charge in [-0.3, -0.25) is 0 Å². The van der Waals surface area contributed by atoms with Gasteiger partial charge in [0.15, 0.2) is 0 Å². The van der Waals surface area contributed by atoms with Crippen molar-refractivity contribution in [1.82, 2.24) is 4.98 Å². The van der Waals surface area contributed by atoms with E-state index in [1.807, 2.05) is 32.0 Å². The molecular formula is C17H22ClNO2. The molecule has 3 nitrogen and oxygen atoms in total. The van der Waals surface area contributed by atoms with Gasteiger partial charge in [0.1, 0.15) is 17.0 Å². The largest absolute Gasteiger partial charge is 0.493 e. The van der Waals surface area contributed by atoms with Crippen molar-refractivity contribution in [3.05, 3.63) is 28.9 Å². The van der Waals surface area contributed by atoms with E-state index in [1.165, 1.54) is 0 Å². The summed E-state index contributed by atoms with van der Waals surface area (Å²) in [5, 5.41) is 1.50. The van der Waals surface area contributed by atoms with Gasteiger partial charge >= 0.3 is 0 Å². The highest BCUT2D eigenvalue weighted by Crippen LogP contribution is 2.37. The first-order valence-corrected chi connectivity index (χ1v) is 7.82. The Morgan fingerprint density at radius 2 is 1.71 bits per heavy atom. The number of ether oxygens (including phenoxy) is 2. The molecule has 0 bridgehead atoms. The second kappa shape index (κ2) is 6.99. The molecule has 0 saturated heterocycles. The summed E-state index contributed by atoms with van der Waals surface area (Å²) < 4.78 is 11.4. The number of nitrogens with zero attached hydrogens (tertiary/aromatic N) is 1. The van der Waals surface area contributed by atoms with Crippen LogP contribution in [0.4, 0.5) is 0 Å². The lowest BCUT2D eigenvalue weighted by atomic mass is 10.1. The lowest BCUT2D eigenvalue weighted by molar-refractivity contribution is 0.336.